The molecular weight excluding hydrogens is 532 g/mol. The Labute approximate surface area is 246 Å². The summed E-state index contributed by atoms with van der Waals surface area (Å²) in [6.45, 7) is 5.91. The van der Waals surface area contributed by atoms with E-state index in [-0.39, 0.29) is 30.8 Å². The van der Waals surface area contributed by atoms with E-state index in [0.717, 1.165) is 29.5 Å². The number of anilines is 1. The summed E-state index contributed by atoms with van der Waals surface area (Å²) < 4.78 is 5.25. The number of alkyl carbamates (subject to hydrolysis) is 1. The zero-order valence-electron chi connectivity index (χ0n) is 24.3. The molecule has 1 heterocycles. The van der Waals surface area contributed by atoms with E-state index < -0.39 is 17.7 Å². The molecule has 0 bridgehead atoms. The lowest BCUT2D eigenvalue weighted by Gasteiger charge is -2.24. The molecular formula is C33H38N4O5. The molecule has 4 amide bonds. The minimum absolute atomic E-state index is 0.128. The Morgan fingerprint density at radius 2 is 1.62 bits per heavy atom. The van der Waals surface area contributed by atoms with Crippen molar-refractivity contribution in [2.24, 2.45) is 0 Å². The van der Waals surface area contributed by atoms with E-state index in [2.05, 4.69) is 16.0 Å². The molecule has 42 heavy (non-hydrogen) atoms. The molecule has 1 aliphatic rings. The highest BCUT2D eigenvalue weighted by atomic mass is 16.6. The fraction of sp³-hybridized carbons (Fsp3) is 0.333. The lowest BCUT2D eigenvalue weighted by atomic mass is 10.0. The maximum absolute atomic E-state index is 13.3. The largest absolute Gasteiger partial charge is 0.444 e. The number of ether oxygens (including phenoxy) is 1. The van der Waals surface area contributed by atoms with Crippen molar-refractivity contribution in [2.75, 3.05) is 18.4 Å². The number of nitrogens with one attached hydrogen (secondary N) is 3. The minimum atomic E-state index is -0.705. The number of benzene rings is 3. The predicted octanol–water partition coefficient (Wildman–Crippen LogP) is 5.13. The van der Waals surface area contributed by atoms with E-state index in [1.807, 2.05) is 48.5 Å². The van der Waals surface area contributed by atoms with Crippen molar-refractivity contribution in [1.82, 2.24) is 15.5 Å². The van der Waals surface area contributed by atoms with Crippen LogP contribution in [0.1, 0.15) is 56.0 Å². The Morgan fingerprint density at radius 3 is 2.33 bits per heavy atom. The highest BCUT2D eigenvalue weighted by molar-refractivity contribution is 5.99. The third-order valence-electron chi connectivity index (χ3n) is 6.72. The Bertz CT molecular complexity index is 1400. The van der Waals surface area contributed by atoms with Crippen LogP contribution in [-0.4, -0.2) is 53.4 Å². The highest BCUT2D eigenvalue weighted by Gasteiger charge is 2.29. The maximum atomic E-state index is 13.3. The highest BCUT2D eigenvalue weighted by Crippen LogP contribution is 2.20. The minimum Gasteiger partial charge on any atom is -0.444 e. The van der Waals surface area contributed by atoms with E-state index in [1.54, 1.807) is 51.1 Å². The first kappa shape index (κ1) is 30.3. The number of hydrogen-bond acceptors (Lipinski definition) is 5. The van der Waals surface area contributed by atoms with Crippen molar-refractivity contribution in [3.63, 3.8) is 0 Å². The SMILES string of the molecule is CC(C)(C)OC(=O)NCc1cccc(NC(=O)CN2CCCCC(NC(=O)c3ccc(-c4ccccc4)cc3)C2=O)c1. The molecule has 1 atom stereocenters. The van der Waals surface area contributed by atoms with E-state index in [4.69, 9.17) is 4.74 Å². The normalized spacial score (nSPS) is 15.4. The summed E-state index contributed by atoms with van der Waals surface area (Å²) in [6.07, 6.45) is 1.48. The molecule has 1 saturated heterocycles. The molecule has 3 aromatic carbocycles. The van der Waals surface area contributed by atoms with Gasteiger partial charge >= 0.3 is 6.09 Å². The molecule has 0 radical (unpaired) electrons. The summed E-state index contributed by atoms with van der Waals surface area (Å²) >= 11 is 0. The second-order valence-corrected chi connectivity index (χ2v) is 11.3. The first-order valence-electron chi connectivity index (χ1n) is 14.2. The molecule has 3 N–H and O–H groups in total. The molecule has 0 spiro atoms. The zero-order valence-corrected chi connectivity index (χ0v) is 24.3. The van der Waals surface area contributed by atoms with Gasteiger partial charge in [-0.25, -0.2) is 4.79 Å². The quantitative estimate of drug-likeness (QED) is 0.347. The van der Waals surface area contributed by atoms with Crippen molar-refractivity contribution in [2.45, 2.75) is 58.2 Å². The zero-order chi connectivity index (χ0) is 30.1. The van der Waals surface area contributed by atoms with Crippen LogP contribution in [0.5, 0.6) is 0 Å². The number of rotatable bonds is 8. The summed E-state index contributed by atoms with van der Waals surface area (Å²) in [5, 5.41) is 8.40. The number of nitrogens with zero attached hydrogens (tertiary/aromatic N) is 1. The van der Waals surface area contributed by atoms with Crippen LogP contribution in [0.2, 0.25) is 0 Å². The molecule has 220 valence electrons. The van der Waals surface area contributed by atoms with Crippen molar-refractivity contribution in [1.29, 1.82) is 0 Å². The first-order chi connectivity index (χ1) is 20.1. The molecule has 9 nitrogen and oxygen atoms in total. The number of amides is 4. The van der Waals surface area contributed by atoms with Crippen molar-refractivity contribution in [3.8, 4) is 11.1 Å². The number of hydrogen-bond donors (Lipinski definition) is 3. The average Bonchev–Trinajstić information content (AvgIpc) is 3.12. The summed E-state index contributed by atoms with van der Waals surface area (Å²) in [5.41, 5.74) is 3.26. The van der Waals surface area contributed by atoms with Gasteiger partial charge in [-0.2, -0.15) is 0 Å². The Hall–Kier alpha value is -4.66. The molecule has 0 aliphatic carbocycles. The lowest BCUT2D eigenvalue weighted by Crippen LogP contribution is -2.49. The van der Waals surface area contributed by atoms with Gasteiger partial charge in [-0.1, -0.05) is 54.6 Å². The van der Waals surface area contributed by atoms with Gasteiger partial charge < -0.3 is 25.6 Å². The summed E-state index contributed by atoms with van der Waals surface area (Å²) in [6, 6.07) is 23.6. The molecule has 4 rings (SSSR count). The van der Waals surface area contributed by atoms with Crippen molar-refractivity contribution in [3.05, 3.63) is 90.0 Å². The van der Waals surface area contributed by atoms with Gasteiger partial charge in [0.25, 0.3) is 5.91 Å². The molecule has 0 aromatic heterocycles. The van der Waals surface area contributed by atoms with Gasteiger partial charge in [-0.05, 0) is 81.0 Å². The van der Waals surface area contributed by atoms with Gasteiger partial charge in [0, 0.05) is 24.3 Å². The molecule has 1 fully saturated rings. The molecule has 9 heteroatoms. The third-order valence-corrected chi connectivity index (χ3v) is 6.72. The topological polar surface area (TPSA) is 117 Å². The fourth-order valence-corrected chi connectivity index (χ4v) is 4.70. The van der Waals surface area contributed by atoms with Gasteiger partial charge in [0.05, 0.1) is 6.54 Å². The monoisotopic (exact) mass is 570 g/mol. The Kier molecular flexibility index (Phi) is 9.96. The second kappa shape index (κ2) is 13.8. The van der Waals surface area contributed by atoms with Crippen LogP contribution in [0.4, 0.5) is 10.5 Å². The van der Waals surface area contributed by atoms with Gasteiger partial charge in [-0.15, -0.1) is 0 Å². The van der Waals surface area contributed by atoms with Gasteiger partial charge in [0.1, 0.15) is 11.6 Å². The second-order valence-electron chi connectivity index (χ2n) is 11.3. The molecule has 3 aromatic rings. The Balaban J connectivity index is 1.31. The average molecular weight is 571 g/mol. The standard InChI is InChI=1S/C33H38N4O5/c1-33(2,3)42-32(41)34-21-23-10-9-13-27(20-23)35-29(38)22-37-19-8-7-14-28(31(37)40)36-30(39)26-17-15-25(16-18-26)24-11-5-4-6-12-24/h4-6,9-13,15-18,20,28H,7-8,14,19,21-22H2,1-3H3,(H,34,41)(H,35,38)(H,36,39). The van der Waals surface area contributed by atoms with Crippen LogP contribution in [0.3, 0.4) is 0 Å². The molecule has 1 aliphatic heterocycles. The summed E-state index contributed by atoms with van der Waals surface area (Å²) in [7, 11) is 0. The lowest BCUT2D eigenvalue weighted by molar-refractivity contribution is -0.135. The van der Waals surface area contributed by atoms with Crippen LogP contribution in [0.25, 0.3) is 11.1 Å². The first-order valence-corrected chi connectivity index (χ1v) is 14.2. The van der Waals surface area contributed by atoms with Crippen LogP contribution in [0.15, 0.2) is 78.9 Å². The smallest absolute Gasteiger partial charge is 0.407 e. The van der Waals surface area contributed by atoms with Crippen LogP contribution < -0.4 is 16.0 Å². The van der Waals surface area contributed by atoms with E-state index >= 15 is 0 Å². The number of likely N-dealkylation sites (tertiary alicyclic amines) is 1. The summed E-state index contributed by atoms with van der Waals surface area (Å²) in [5.74, 6) is -0.938. The molecule has 0 saturated carbocycles. The third kappa shape index (κ3) is 8.92. The maximum Gasteiger partial charge on any atom is 0.407 e. The predicted molar refractivity (Wildman–Crippen MR) is 162 cm³/mol. The van der Waals surface area contributed by atoms with Crippen LogP contribution in [-0.2, 0) is 20.9 Å². The fourth-order valence-electron chi connectivity index (χ4n) is 4.70. The van der Waals surface area contributed by atoms with Crippen molar-refractivity contribution >= 4 is 29.5 Å². The number of carbonyl (C=O) groups excluding carboxylic acids is 4. The Morgan fingerprint density at radius 1 is 0.905 bits per heavy atom. The van der Waals surface area contributed by atoms with Gasteiger partial charge in [-0.3, -0.25) is 14.4 Å². The molecule has 1 unspecified atom stereocenters. The number of carbonyl (C=O) groups is 4. The van der Waals surface area contributed by atoms with Crippen molar-refractivity contribution < 1.29 is 23.9 Å². The summed E-state index contributed by atoms with van der Waals surface area (Å²) in [4.78, 5) is 52.6. The van der Waals surface area contributed by atoms with E-state index in [9.17, 15) is 19.2 Å². The van der Waals surface area contributed by atoms with Crippen LogP contribution in [0, 0.1) is 0 Å². The van der Waals surface area contributed by atoms with Gasteiger partial charge in [0.2, 0.25) is 11.8 Å². The van der Waals surface area contributed by atoms with Gasteiger partial charge in [0.15, 0.2) is 0 Å². The van der Waals surface area contributed by atoms with E-state index in [1.165, 1.54) is 4.90 Å². The van der Waals surface area contributed by atoms with E-state index in [0.29, 0.717) is 24.2 Å². The van der Waals surface area contributed by atoms with Crippen LogP contribution >= 0.6 is 0 Å².